The molecule has 23 heavy (non-hydrogen) atoms. The minimum atomic E-state index is -4.28. The van der Waals surface area contributed by atoms with E-state index in [1.54, 1.807) is 12.1 Å². The van der Waals surface area contributed by atoms with E-state index in [1.807, 2.05) is 6.92 Å². The van der Waals surface area contributed by atoms with Gasteiger partial charge < -0.3 is 11.1 Å². The van der Waals surface area contributed by atoms with Crippen molar-refractivity contribution in [3.63, 3.8) is 0 Å². The van der Waals surface area contributed by atoms with Gasteiger partial charge in [0.05, 0.1) is 12.1 Å². The molecule has 0 atom stereocenters. The molecule has 1 saturated carbocycles. The molecule has 0 spiro atoms. The van der Waals surface area contributed by atoms with Crippen LogP contribution in [0.3, 0.4) is 0 Å². The van der Waals surface area contributed by atoms with E-state index in [4.69, 9.17) is 5.73 Å². The first-order valence-corrected chi connectivity index (χ1v) is 7.13. The highest BCUT2D eigenvalue weighted by Crippen LogP contribution is 2.38. The molecular weight excluding hydrogens is 418 g/mol. The molecule has 0 bridgehead atoms. The lowest BCUT2D eigenvalue weighted by atomic mass is 9.76. The first-order chi connectivity index (χ1) is 10.3. The van der Waals surface area contributed by atoms with Gasteiger partial charge in [0.25, 0.3) is 0 Å². The highest BCUT2D eigenvalue weighted by atomic mass is 127. The standard InChI is InChI=1S/C16H20F3N3.HI/c1-10(2)9-21-15(20)22-14-7-12(8-14)11-3-5-13(6-4-11)16(17,18)19;/h3-6,12,14H,1,7-9H2,2H3,(H3,20,21,22);1H. The van der Waals surface area contributed by atoms with Crippen LogP contribution in [0.25, 0.3) is 0 Å². The van der Waals surface area contributed by atoms with Crippen LogP contribution in [0, 0.1) is 0 Å². The second kappa shape index (κ2) is 8.03. The zero-order valence-electron chi connectivity index (χ0n) is 12.9. The van der Waals surface area contributed by atoms with Crippen LogP contribution >= 0.6 is 24.0 Å². The molecular formula is C16H21F3IN3. The Morgan fingerprint density at radius 1 is 1.30 bits per heavy atom. The van der Waals surface area contributed by atoms with Crippen LogP contribution < -0.4 is 11.1 Å². The largest absolute Gasteiger partial charge is 0.416 e. The molecule has 1 aliphatic rings. The van der Waals surface area contributed by atoms with Gasteiger partial charge in [-0.3, -0.25) is 0 Å². The molecule has 128 valence electrons. The van der Waals surface area contributed by atoms with Gasteiger partial charge >= 0.3 is 6.18 Å². The Morgan fingerprint density at radius 2 is 1.87 bits per heavy atom. The van der Waals surface area contributed by atoms with Crippen molar-refractivity contribution in [2.45, 2.75) is 37.9 Å². The molecule has 1 aliphatic carbocycles. The third-order valence-corrected chi connectivity index (χ3v) is 3.72. The summed E-state index contributed by atoms with van der Waals surface area (Å²) in [7, 11) is 0. The Kier molecular flexibility index (Phi) is 6.91. The van der Waals surface area contributed by atoms with E-state index in [0.29, 0.717) is 12.5 Å². The number of halogens is 4. The molecule has 0 aliphatic heterocycles. The maximum atomic E-state index is 12.5. The highest BCUT2D eigenvalue weighted by Gasteiger charge is 2.33. The van der Waals surface area contributed by atoms with Gasteiger partial charge in [0, 0.05) is 6.04 Å². The fraction of sp³-hybridized carbons (Fsp3) is 0.438. The lowest BCUT2D eigenvalue weighted by molar-refractivity contribution is -0.137. The van der Waals surface area contributed by atoms with Gasteiger partial charge in [-0.25, -0.2) is 4.99 Å². The van der Waals surface area contributed by atoms with Gasteiger partial charge in [-0.15, -0.1) is 24.0 Å². The maximum Gasteiger partial charge on any atom is 0.416 e. The summed E-state index contributed by atoms with van der Waals surface area (Å²) in [6.45, 7) is 6.12. The number of rotatable bonds is 4. The number of hydrogen-bond acceptors (Lipinski definition) is 1. The zero-order valence-corrected chi connectivity index (χ0v) is 15.2. The molecule has 0 aromatic heterocycles. The van der Waals surface area contributed by atoms with Crippen molar-refractivity contribution in [2.75, 3.05) is 6.54 Å². The third-order valence-electron chi connectivity index (χ3n) is 3.72. The molecule has 1 aromatic rings. The summed E-state index contributed by atoms with van der Waals surface area (Å²) < 4.78 is 37.5. The van der Waals surface area contributed by atoms with Crippen molar-refractivity contribution in [1.82, 2.24) is 5.32 Å². The van der Waals surface area contributed by atoms with Crippen molar-refractivity contribution in [3.8, 4) is 0 Å². The number of benzene rings is 1. The van der Waals surface area contributed by atoms with Gasteiger partial charge in [-0.2, -0.15) is 13.2 Å². The zero-order chi connectivity index (χ0) is 16.3. The van der Waals surface area contributed by atoms with E-state index in [0.717, 1.165) is 36.1 Å². The number of nitrogens with two attached hydrogens (primary N) is 1. The smallest absolute Gasteiger partial charge is 0.370 e. The van der Waals surface area contributed by atoms with Crippen LogP contribution in [-0.4, -0.2) is 18.5 Å². The Balaban J connectivity index is 0.00000264. The normalized spacial score (nSPS) is 21.1. The van der Waals surface area contributed by atoms with Crippen molar-refractivity contribution in [2.24, 2.45) is 10.7 Å². The Bertz CT molecular complexity index is 561. The SMILES string of the molecule is C=C(C)CN=C(N)NC1CC(c2ccc(C(F)(F)F)cc2)C1.I. The van der Waals surface area contributed by atoms with E-state index in [-0.39, 0.29) is 35.9 Å². The van der Waals surface area contributed by atoms with E-state index in [9.17, 15) is 13.2 Å². The summed E-state index contributed by atoms with van der Waals surface area (Å²) in [6.07, 6.45) is -2.60. The summed E-state index contributed by atoms with van der Waals surface area (Å²) in [6, 6.07) is 5.61. The van der Waals surface area contributed by atoms with Crippen molar-refractivity contribution >= 4 is 29.9 Å². The first kappa shape index (κ1) is 19.8. The highest BCUT2D eigenvalue weighted by molar-refractivity contribution is 14.0. The van der Waals surface area contributed by atoms with Crippen LogP contribution in [0.15, 0.2) is 41.4 Å². The molecule has 0 saturated heterocycles. The number of guanidine groups is 1. The molecule has 1 aromatic carbocycles. The van der Waals surface area contributed by atoms with Gasteiger partial charge in [0.15, 0.2) is 5.96 Å². The number of aliphatic imine (C=N–C) groups is 1. The maximum absolute atomic E-state index is 12.5. The van der Waals surface area contributed by atoms with Gasteiger partial charge in [0.2, 0.25) is 0 Å². The van der Waals surface area contributed by atoms with Crippen molar-refractivity contribution < 1.29 is 13.2 Å². The molecule has 0 heterocycles. The summed E-state index contributed by atoms with van der Waals surface area (Å²) in [5.41, 5.74) is 7.01. The minimum Gasteiger partial charge on any atom is -0.370 e. The van der Waals surface area contributed by atoms with Crippen LogP contribution in [0.4, 0.5) is 13.2 Å². The molecule has 3 nitrogen and oxygen atoms in total. The first-order valence-electron chi connectivity index (χ1n) is 7.13. The van der Waals surface area contributed by atoms with E-state index in [1.165, 1.54) is 0 Å². The predicted molar refractivity (Wildman–Crippen MR) is 97.1 cm³/mol. The van der Waals surface area contributed by atoms with E-state index >= 15 is 0 Å². The molecule has 3 N–H and O–H groups in total. The fourth-order valence-corrected chi connectivity index (χ4v) is 2.43. The van der Waals surface area contributed by atoms with Crippen LogP contribution in [-0.2, 0) is 6.18 Å². The molecule has 0 radical (unpaired) electrons. The van der Waals surface area contributed by atoms with Gasteiger partial charge in [0.1, 0.15) is 0 Å². The molecule has 1 fully saturated rings. The minimum absolute atomic E-state index is 0. The van der Waals surface area contributed by atoms with Gasteiger partial charge in [-0.05, 0) is 43.4 Å². The second-order valence-corrected chi connectivity index (χ2v) is 5.79. The van der Waals surface area contributed by atoms with E-state index in [2.05, 4.69) is 16.9 Å². The molecule has 0 unspecified atom stereocenters. The average Bonchev–Trinajstić information content (AvgIpc) is 2.39. The summed E-state index contributed by atoms with van der Waals surface area (Å²) in [5.74, 6) is 0.660. The Hall–Kier alpha value is -1.25. The summed E-state index contributed by atoms with van der Waals surface area (Å²) in [4.78, 5) is 4.14. The topological polar surface area (TPSA) is 50.4 Å². The average molecular weight is 439 g/mol. The van der Waals surface area contributed by atoms with Crippen molar-refractivity contribution in [1.29, 1.82) is 0 Å². The molecule has 2 rings (SSSR count). The third kappa shape index (κ3) is 5.71. The number of alkyl halides is 3. The molecule has 7 heteroatoms. The Morgan fingerprint density at radius 3 is 2.35 bits per heavy atom. The Labute approximate surface area is 151 Å². The number of nitrogens with zero attached hydrogens (tertiary/aromatic N) is 1. The summed E-state index contributed by atoms with van der Waals surface area (Å²) in [5, 5.41) is 3.11. The van der Waals surface area contributed by atoms with Crippen LogP contribution in [0.5, 0.6) is 0 Å². The lowest BCUT2D eigenvalue weighted by Crippen LogP contribution is -2.46. The summed E-state index contributed by atoms with van der Waals surface area (Å²) >= 11 is 0. The number of hydrogen-bond donors (Lipinski definition) is 2. The van der Waals surface area contributed by atoms with Crippen molar-refractivity contribution in [3.05, 3.63) is 47.5 Å². The van der Waals surface area contributed by atoms with Crippen LogP contribution in [0.2, 0.25) is 0 Å². The van der Waals surface area contributed by atoms with E-state index < -0.39 is 11.7 Å². The van der Waals surface area contributed by atoms with Gasteiger partial charge in [-0.1, -0.05) is 24.3 Å². The predicted octanol–water partition coefficient (Wildman–Crippen LogP) is 4.05. The lowest BCUT2D eigenvalue weighted by Gasteiger charge is -2.36. The second-order valence-electron chi connectivity index (χ2n) is 5.79. The number of nitrogens with one attached hydrogen (secondary N) is 1. The van der Waals surface area contributed by atoms with Crippen LogP contribution in [0.1, 0.15) is 36.8 Å². The quantitative estimate of drug-likeness (QED) is 0.322. The monoisotopic (exact) mass is 439 g/mol. The molecule has 0 amide bonds. The fourth-order valence-electron chi connectivity index (χ4n) is 2.43.